The first-order chi connectivity index (χ1) is 10.0. The van der Waals surface area contributed by atoms with Crippen LogP contribution in [0.5, 0.6) is 0 Å². The van der Waals surface area contributed by atoms with E-state index in [1.54, 1.807) is 0 Å². The van der Waals surface area contributed by atoms with Crippen LogP contribution in [0.25, 0.3) is 0 Å². The molecule has 2 nitrogen and oxygen atoms in total. The second kappa shape index (κ2) is 6.45. The van der Waals surface area contributed by atoms with E-state index < -0.39 is 12.1 Å². The highest BCUT2D eigenvalue weighted by Gasteiger charge is 2.42. The van der Waals surface area contributed by atoms with Crippen LogP contribution in [-0.2, 0) is 0 Å². The molecule has 0 amide bonds. The zero-order valence-corrected chi connectivity index (χ0v) is 12.6. The van der Waals surface area contributed by atoms with Crippen LogP contribution < -0.4 is 10.6 Å². The van der Waals surface area contributed by atoms with Gasteiger partial charge in [0.15, 0.2) is 0 Å². The predicted octanol–water partition coefficient (Wildman–Crippen LogP) is 3.62. The zero-order valence-electron chi connectivity index (χ0n) is 12.6. The summed E-state index contributed by atoms with van der Waals surface area (Å²) in [6.07, 6.45) is 4.26. The van der Waals surface area contributed by atoms with Gasteiger partial charge in [-0.25, -0.2) is 0 Å². The molecule has 1 saturated heterocycles. The monoisotopic (exact) mass is 304 g/mol. The summed E-state index contributed by atoms with van der Waals surface area (Å²) < 4.78 is 38.1. The van der Waals surface area contributed by atoms with Gasteiger partial charge in [0.2, 0.25) is 0 Å². The lowest BCUT2D eigenvalue weighted by Crippen LogP contribution is -2.47. The summed E-state index contributed by atoms with van der Waals surface area (Å²) in [6.45, 7) is 1.13. The average Bonchev–Trinajstić information content (AvgIpc) is 3.08. The number of hydrogen-bond donors (Lipinski definition) is 2. The lowest BCUT2D eigenvalue weighted by atomic mass is 9.84. The van der Waals surface area contributed by atoms with Crippen LogP contribution in [0.4, 0.5) is 13.2 Å². The number of halogens is 3. The van der Waals surface area contributed by atoms with Gasteiger partial charge in [0.05, 0.1) is 5.92 Å². The molecule has 122 valence electrons. The third-order valence-electron chi connectivity index (χ3n) is 5.82. The molecule has 2 aliphatic carbocycles. The van der Waals surface area contributed by atoms with Crippen molar-refractivity contribution in [3.63, 3.8) is 0 Å². The van der Waals surface area contributed by atoms with E-state index in [1.807, 2.05) is 0 Å². The third kappa shape index (κ3) is 3.73. The maximum Gasteiger partial charge on any atom is 0.391 e. The van der Waals surface area contributed by atoms with Gasteiger partial charge in [0.25, 0.3) is 0 Å². The standard InChI is InChI=1S/C16H27F3N2/c17-16(18,19)11-6-8-12(9-7-11)21-15-4-1-3-13(15)14-5-2-10-20-14/h11-15,20-21H,1-10H2. The smallest absolute Gasteiger partial charge is 0.314 e. The Hall–Kier alpha value is -0.290. The normalized spacial score (nSPS) is 41.6. The van der Waals surface area contributed by atoms with Crippen molar-refractivity contribution in [2.45, 2.75) is 82.1 Å². The van der Waals surface area contributed by atoms with Gasteiger partial charge in [-0.1, -0.05) is 6.42 Å². The summed E-state index contributed by atoms with van der Waals surface area (Å²) in [5, 5.41) is 7.31. The van der Waals surface area contributed by atoms with E-state index >= 15 is 0 Å². The molecule has 1 heterocycles. The van der Waals surface area contributed by atoms with Gasteiger partial charge < -0.3 is 10.6 Å². The Morgan fingerprint density at radius 1 is 0.857 bits per heavy atom. The van der Waals surface area contributed by atoms with Gasteiger partial charge in [0, 0.05) is 18.1 Å². The minimum atomic E-state index is -3.99. The molecule has 5 heteroatoms. The highest BCUT2D eigenvalue weighted by molar-refractivity contribution is 4.95. The maximum atomic E-state index is 12.7. The highest BCUT2D eigenvalue weighted by atomic mass is 19.4. The fourth-order valence-corrected chi connectivity index (χ4v) is 4.64. The van der Waals surface area contributed by atoms with Crippen LogP contribution in [0.15, 0.2) is 0 Å². The van der Waals surface area contributed by atoms with Gasteiger partial charge in [-0.15, -0.1) is 0 Å². The molecule has 3 aliphatic rings. The minimum Gasteiger partial charge on any atom is -0.314 e. The van der Waals surface area contributed by atoms with E-state index in [0.29, 0.717) is 49.7 Å². The van der Waals surface area contributed by atoms with E-state index in [1.165, 1.54) is 32.1 Å². The molecule has 0 aromatic heterocycles. The molecule has 2 saturated carbocycles. The molecule has 3 rings (SSSR count). The molecule has 0 aromatic rings. The first-order valence-electron chi connectivity index (χ1n) is 8.60. The van der Waals surface area contributed by atoms with Crippen molar-refractivity contribution in [2.75, 3.05) is 6.54 Å². The second-order valence-corrected chi connectivity index (χ2v) is 7.16. The Bertz CT molecular complexity index is 331. The molecule has 2 N–H and O–H groups in total. The van der Waals surface area contributed by atoms with Crippen LogP contribution >= 0.6 is 0 Å². The lowest BCUT2D eigenvalue weighted by molar-refractivity contribution is -0.182. The molecule has 0 spiro atoms. The van der Waals surface area contributed by atoms with Gasteiger partial charge in [0.1, 0.15) is 0 Å². The van der Waals surface area contributed by atoms with Gasteiger partial charge >= 0.3 is 6.18 Å². The fourth-order valence-electron chi connectivity index (χ4n) is 4.64. The Labute approximate surface area is 125 Å². The molecule has 21 heavy (non-hydrogen) atoms. The van der Waals surface area contributed by atoms with E-state index in [4.69, 9.17) is 0 Å². The van der Waals surface area contributed by atoms with E-state index in [9.17, 15) is 13.2 Å². The van der Waals surface area contributed by atoms with Gasteiger partial charge in [-0.2, -0.15) is 13.2 Å². The SMILES string of the molecule is FC(F)(F)C1CCC(NC2CCCC2C2CCCN2)CC1. The Balaban J connectivity index is 1.48. The first-order valence-corrected chi connectivity index (χ1v) is 8.60. The summed E-state index contributed by atoms with van der Waals surface area (Å²) in [5.41, 5.74) is 0. The van der Waals surface area contributed by atoms with Crippen LogP contribution in [0.1, 0.15) is 57.8 Å². The fraction of sp³-hybridized carbons (Fsp3) is 1.00. The number of alkyl halides is 3. The summed E-state index contributed by atoms with van der Waals surface area (Å²) in [5.74, 6) is -0.376. The van der Waals surface area contributed by atoms with Crippen molar-refractivity contribution in [3.8, 4) is 0 Å². The maximum absolute atomic E-state index is 12.7. The van der Waals surface area contributed by atoms with Crippen LogP contribution in [0.3, 0.4) is 0 Å². The Kier molecular flexibility index (Phi) is 4.79. The number of hydrogen-bond acceptors (Lipinski definition) is 2. The number of rotatable bonds is 3. The first kappa shape index (κ1) is 15.6. The molecule has 3 unspecified atom stereocenters. The van der Waals surface area contributed by atoms with Crippen molar-refractivity contribution < 1.29 is 13.2 Å². The zero-order chi connectivity index (χ0) is 14.9. The Morgan fingerprint density at radius 2 is 1.62 bits per heavy atom. The van der Waals surface area contributed by atoms with Crippen molar-refractivity contribution in [3.05, 3.63) is 0 Å². The van der Waals surface area contributed by atoms with Gasteiger partial charge in [-0.05, 0) is 63.8 Å². The molecular weight excluding hydrogens is 277 g/mol. The summed E-state index contributed by atoms with van der Waals surface area (Å²) in [7, 11) is 0. The number of nitrogens with one attached hydrogen (secondary N) is 2. The molecule has 3 atom stereocenters. The Morgan fingerprint density at radius 3 is 2.24 bits per heavy atom. The molecular formula is C16H27F3N2. The largest absolute Gasteiger partial charge is 0.391 e. The van der Waals surface area contributed by atoms with Crippen LogP contribution in [0.2, 0.25) is 0 Å². The van der Waals surface area contributed by atoms with E-state index in [0.717, 1.165) is 6.54 Å². The molecule has 0 bridgehead atoms. The van der Waals surface area contributed by atoms with Gasteiger partial charge in [-0.3, -0.25) is 0 Å². The third-order valence-corrected chi connectivity index (χ3v) is 5.82. The predicted molar refractivity (Wildman–Crippen MR) is 77.1 cm³/mol. The van der Waals surface area contributed by atoms with Crippen molar-refractivity contribution in [2.24, 2.45) is 11.8 Å². The van der Waals surface area contributed by atoms with Crippen LogP contribution in [-0.4, -0.2) is 30.8 Å². The molecule has 0 aromatic carbocycles. The highest BCUT2D eigenvalue weighted by Crippen LogP contribution is 2.39. The topological polar surface area (TPSA) is 24.1 Å². The summed E-state index contributed by atoms with van der Waals surface area (Å²) in [4.78, 5) is 0. The molecule has 1 aliphatic heterocycles. The molecule has 3 fully saturated rings. The van der Waals surface area contributed by atoms with E-state index in [-0.39, 0.29) is 0 Å². The second-order valence-electron chi connectivity index (χ2n) is 7.16. The average molecular weight is 304 g/mol. The quantitative estimate of drug-likeness (QED) is 0.832. The minimum absolute atomic E-state index is 0.301. The molecule has 0 radical (unpaired) electrons. The summed E-state index contributed by atoms with van der Waals surface area (Å²) >= 11 is 0. The van der Waals surface area contributed by atoms with Crippen molar-refractivity contribution >= 4 is 0 Å². The lowest BCUT2D eigenvalue weighted by Gasteiger charge is -2.35. The summed E-state index contributed by atoms with van der Waals surface area (Å²) in [6, 6.07) is 1.46. The van der Waals surface area contributed by atoms with Crippen LogP contribution in [0, 0.1) is 11.8 Å². The van der Waals surface area contributed by atoms with Crippen molar-refractivity contribution in [1.29, 1.82) is 0 Å². The van der Waals surface area contributed by atoms with E-state index in [2.05, 4.69) is 10.6 Å². The van der Waals surface area contributed by atoms with Crippen molar-refractivity contribution in [1.82, 2.24) is 10.6 Å².